The Hall–Kier alpha value is -0.620. The minimum absolute atomic E-state index is 0.417. The number of nitrogens with zero attached hydrogens (tertiary/aromatic N) is 2. The lowest BCUT2D eigenvalue weighted by atomic mass is 10.2. The van der Waals surface area contributed by atoms with Crippen LogP contribution in [0, 0.1) is 6.92 Å². The summed E-state index contributed by atoms with van der Waals surface area (Å²) in [6, 6.07) is 7.13. The van der Waals surface area contributed by atoms with Crippen molar-refractivity contribution >= 4 is 21.6 Å². The summed E-state index contributed by atoms with van der Waals surface area (Å²) in [5.41, 5.74) is 0.797. The quantitative estimate of drug-likeness (QED) is 0.792. The van der Waals surface area contributed by atoms with E-state index in [9.17, 15) is 8.42 Å². The van der Waals surface area contributed by atoms with E-state index in [1.807, 2.05) is 19.1 Å². The van der Waals surface area contributed by atoms with Crippen LogP contribution < -0.4 is 0 Å². The Morgan fingerprint density at radius 3 is 2.37 bits per heavy atom. The number of aryl methyl sites for hydroxylation is 1. The van der Waals surface area contributed by atoms with Crippen molar-refractivity contribution in [3.8, 4) is 0 Å². The van der Waals surface area contributed by atoms with Gasteiger partial charge in [-0.05, 0) is 18.6 Å². The van der Waals surface area contributed by atoms with E-state index in [1.54, 1.807) is 16.4 Å². The second kappa shape index (κ2) is 6.22. The number of hydrogen-bond acceptors (Lipinski definition) is 3. The highest BCUT2D eigenvalue weighted by molar-refractivity contribution is 7.89. The van der Waals surface area contributed by atoms with E-state index >= 15 is 0 Å². The van der Waals surface area contributed by atoms with Crippen molar-refractivity contribution < 1.29 is 8.42 Å². The highest BCUT2D eigenvalue weighted by Gasteiger charge is 2.28. The zero-order valence-electron chi connectivity index (χ0n) is 11.0. The van der Waals surface area contributed by atoms with Crippen molar-refractivity contribution in [2.24, 2.45) is 0 Å². The molecule has 6 heteroatoms. The zero-order chi connectivity index (χ0) is 13.9. The van der Waals surface area contributed by atoms with Crippen LogP contribution in [-0.4, -0.2) is 56.2 Å². The SMILES string of the molecule is Cc1ccccc1S(=O)(=O)N1CCN(CCCl)CC1. The molecular formula is C13H19ClN2O2S. The molecule has 1 fully saturated rings. The summed E-state index contributed by atoms with van der Waals surface area (Å²) in [4.78, 5) is 2.61. The summed E-state index contributed by atoms with van der Waals surface area (Å²) in [7, 11) is -3.36. The molecule has 0 unspecified atom stereocenters. The normalized spacial score (nSPS) is 18.6. The minimum Gasteiger partial charge on any atom is -0.300 e. The number of hydrogen-bond donors (Lipinski definition) is 0. The van der Waals surface area contributed by atoms with Crippen LogP contribution in [0.15, 0.2) is 29.2 Å². The molecule has 1 aliphatic rings. The maximum atomic E-state index is 12.6. The van der Waals surface area contributed by atoms with Gasteiger partial charge >= 0.3 is 0 Å². The zero-order valence-corrected chi connectivity index (χ0v) is 12.6. The van der Waals surface area contributed by atoms with Crippen molar-refractivity contribution in [3.63, 3.8) is 0 Å². The van der Waals surface area contributed by atoms with Crippen LogP contribution in [0.2, 0.25) is 0 Å². The molecule has 4 nitrogen and oxygen atoms in total. The Morgan fingerprint density at radius 1 is 1.16 bits per heavy atom. The van der Waals surface area contributed by atoms with Gasteiger partial charge in [-0.25, -0.2) is 8.42 Å². The van der Waals surface area contributed by atoms with Gasteiger partial charge in [0.05, 0.1) is 4.90 Å². The minimum atomic E-state index is -3.36. The van der Waals surface area contributed by atoms with Crippen molar-refractivity contribution in [3.05, 3.63) is 29.8 Å². The van der Waals surface area contributed by atoms with Crippen LogP contribution >= 0.6 is 11.6 Å². The molecule has 0 bridgehead atoms. The van der Waals surface area contributed by atoms with E-state index in [2.05, 4.69) is 4.90 Å². The van der Waals surface area contributed by atoms with Crippen LogP contribution in [0.25, 0.3) is 0 Å². The summed E-state index contributed by atoms with van der Waals surface area (Å²) in [5.74, 6) is 0.588. The molecule has 0 aromatic heterocycles. The van der Waals surface area contributed by atoms with Crippen LogP contribution in [-0.2, 0) is 10.0 Å². The lowest BCUT2D eigenvalue weighted by molar-refractivity contribution is 0.197. The van der Waals surface area contributed by atoms with E-state index in [1.165, 1.54) is 0 Å². The van der Waals surface area contributed by atoms with Gasteiger partial charge in [-0.3, -0.25) is 4.90 Å². The molecule has 2 rings (SSSR count). The van der Waals surface area contributed by atoms with Gasteiger partial charge in [-0.2, -0.15) is 4.31 Å². The number of benzene rings is 1. The van der Waals surface area contributed by atoms with Crippen molar-refractivity contribution in [2.45, 2.75) is 11.8 Å². The molecule has 0 saturated carbocycles. The van der Waals surface area contributed by atoms with Crippen LogP contribution in [0.1, 0.15) is 5.56 Å². The van der Waals surface area contributed by atoms with E-state index in [0.29, 0.717) is 23.9 Å². The Balaban J connectivity index is 2.12. The number of halogens is 1. The van der Waals surface area contributed by atoms with Gasteiger partial charge < -0.3 is 0 Å². The largest absolute Gasteiger partial charge is 0.300 e. The molecular weight excluding hydrogens is 284 g/mol. The third-order valence-corrected chi connectivity index (χ3v) is 5.67. The topological polar surface area (TPSA) is 40.6 Å². The maximum absolute atomic E-state index is 12.6. The van der Waals surface area contributed by atoms with E-state index < -0.39 is 10.0 Å². The third kappa shape index (κ3) is 3.28. The Labute approximate surface area is 120 Å². The molecule has 1 heterocycles. The molecule has 1 aromatic rings. The first-order valence-corrected chi connectivity index (χ1v) is 8.37. The molecule has 0 atom stereocenters. The number of piperazine rings is 1. The van der Waals surface area contributed by atoms with Crippen LogP contribution in [0.4, 0.5) is 0 Å². The fraction of sp³-hybridized carbons (Fsp3) is 0.538. The summed E-state index contributed by atoms with van der Waals surface area (Å²) in [6.07, 6.45) is 0. The summed E-state index contributed by atoms with van der Waals surface area (Å²) in [5, 5.41) is 0. The summed E-state index contributed by atoms with van der Waals surface area (Å²) >= 11 is 5.70. The second-order valence-corrected chi connectivity index (χ2v) is 6.98. The summed E-state index contributed by atoms with van der Waals surface area (Å²) in [6.45, 7) is 5.22. The molecule has 0 aliphatic carbocycles. The van der Waals surface area contributed by atoms with Gasteiger partial charge in [0, 0.05) is 38.6 Å². The van der Waals surface area contributed by atoms with Crippen LogP contribution in [0.3, 0.4) is 0 Å². The van der Waals surface area contributed by atoms with Gasteiger partial charge in [0.1, 0.15) is 0 Å². The standard InChI is InChI=1S/C13H19ClN2O2S/c1-12-4-2-3-5-13(12)19(17,18)16-10-8-15(7-6-14)9-11-16/h2-5H,6-11H2,1H3. The molecule has 106 valence electrons. The summed E-state index contributed by atoms with van der Waals surface area (Å²) < 4.78 is 26.7. The van der Waals surface area contributed by atoms with Gasteiger partial charge in [0.15, 0.2) is 0 Å². The van der Waals surface area contributed by atoms with E-state index in [-0.39, 0.29) is 0 Å². The van der Waals surface area contributed by atoms with E-state index in [4.69, 9.17) is 11.6 Å². The Bertz CT molecular complexity index is 525. The van der Waals surface area contributed by atoms with Crippen molar-refractivity contribution in [1.29, 1.82) is 0 Å². The highest BCUT2D eigenvalue weighted by atomic mass is 35.5. The fourth-order valence-electron chi connectivity index (χ4n) is 2.30. The fourth-order valence-corrected chi connectivity index (χ4v) is 4.18. The number of rotatable bonds is 4. The first-order valence-electron chi connectivity index (χ1n) is 6.40. The molecule has 0 radical (unpaired) electrons. The maximum Gasteiger partial charge on any atom is 0.243 e. The monoisotopic (exact) mass is 302 g/mol. The Morgan fingerprint density at radius 2 is 1.79 bits per heavy atom. The Kier molecular flexibility index (Phi) is 4.84. The second-order valence-electron chi connectivity index (χ2n) is 4.70. The first kappa shape index (κ1) is 14.8. The van der Waals surface area contributed by atoms with Crippen LogP contribution in [0.5, 0.6) is 0 Å². The highest BCUT2D eigenvalue weighted by Crippen LogP contribution is 2.20. The smallest absolute Gasteiger partial charge is 0.243 e. The average molecular weight is 303 g/mol. The van der Waals surface area contributed by atoms with Crippen molar-refractivity contribution in [2.75, 3.05) is 38.6 Å². The molecule has 0 N–H and O–H groups in total. The van der Waals surface area contributed by atoms with E-state index in [0.717, 1.165) is 25.2 Å². The number of sulfonamides is 1. The number of alkyl halides is 1. The molecule has 0 amide bonds. The lowest BCUT2D eigenvalue weighted by Crippen LogP contribution is -2.49. The molecule has 1 aromatic carbocycles. The first-order chi connectivity index (χ1) is 9.05. The van der Waals surface area contributed by atoms with Crippen molar-refractivity contribution in [1.82, 2.24) is 9.21 Å². The van der Waals surface area contributed by atoms with Gasteiger partial charge in [0.25, 0.3) is 0 Å². The molecule has 0 spiro atoms. The average Bonchev–Trinajstić information content (AvgIpc) is 2.40. The molecule has 19 heavy (non-hydrogen) atoms. The molecule has 1 aliphatic heterocycles. The van der Waals surface area contributed by atoms with Gasteiger partial charge in [-0.15, -0.1) is 11.6 Å². The van der Waals surface area contributed by atoms with Gasteiger partial charge in [0.2, 0.25) is 10.0 Å². The predicted octanol–water partition coefficient (Wildman–Crippen LogP) is 1.54. The lowest BCUT2D eigenvalue weighted by Gasteiger charge is -2.33. The predicted molar refractivity (Wildman–Crippen MR) is 77.1 cm³/mol. The third-order valence-electron chi connectivity index (χ3n) is 3.44. The molecule has 1 saturated heterocycles. The van der Waals surface area contributed by atoms with Gasteiger partial charge in [-0.1, -0.05) is 18.2 Å².